The minimum absolute atomic E-state index is 0.206. The highest BCUT2D eigenvalue weighted by Gasteiger charge is 2.22. The average Bonchev–Trinajstić information content (AvgIpc) is 2.61. The van der Waals surface area contributed by atoms with E-state index in [4.69, 9.17) is 35.4 Å². The number of benzene rings is 1. The second-order valence-electron chi connectivity index (χ2n) is 5.23. The van der Waals surface area contributed by atoms with Crippen LogP contribution in [0.4, 0.5) is 0 Å². The van der Waals surface area contributed by atoms with E-state index in [0.29, 0.717) is 15.7 Å². The fraction of sp³-hybridized carbons (Fsp3) is 0.333. The number of H-pyrrole nitrogens is 2. The Balaban J connectivity index is 2.87. The van der Waals surface area contributed by atoms with Crippen LogP contribution in [-0.4, -0.2) is 14.8 Å². The maximum atomic E-state index is 11.8. The molecule has 0 fully saturated rings. The van der Waals surface area contributed by atoms with Crippen LogP contribution >= 0.6 is 35.4 Å². The van der Waals surface area contributed by atoms with Gasteiger partial charge in [0.2, 0.25) is 4.77 Å². The van der Waals surface area contributed by atoms with Crippen molar-refractivity contribution < 1.29 is 0 Å². The van der Waals surface area contributed by atoms with Crippen molar-refractivity contribution in [3.05, 3.63) is 43.0 Å². The fourth-order valence-electron chi connectivity index (χ4n) is 1.85. The van der Waals surface area contributed by atoms with E-state index in [2.05, 4.69) is 10.2 Å². The number of halogens is 2. The third-order valence-corrected chi connectivity index (χ3v) is 3.78. The van der Waals surface area contributed by atoms with E-state index < -0.39 is 0 Å². The molecule has 0 atom stereocenters. The zero-order valence-electron chi connectivity index (χ0n) is 10.7. The lowest BCUT2D eigenvalue weighted by Crippen LogP contribution is -2.21. The van der Waals surface area contributed by atoms with E-state index in [1.165, 1.54) is 4.57 Å². The molecule has 4 nitrogen and oxygen atoms in total. The molecule has 7 heteroatoms. The van der Waals surface area contributed by atoms with E-state index in [0.717, 1.165) is 5.56 Å². The van der Waals surface area contributed by atoms with E-state index in [1.807, 2.05) is 20.8 Å². The molecule has 0 aliphatic rings. The third kappa shape index (κ3) is 2.63. The van der Waals surface area contributed by atoms with Crippen molar-refractivity contribution in [2.45, 2.75) is 26.2 Å². The van der Waals surface area contributed by atoms with Gasteiger partial charge in [0.1, 0.15) is 0 Å². The maximum absolute atomic E-state index is 11.8. The van der Waals surface area contributed by atoms with Gasteiger partial charge in [-0.15, -0.1) is 0 Å². The molecule has 0 saturated carbocycles. The molecule has 0 amide bonds. The number of hydrogen-bond acceptors (Lipinski definition) is 2. The maximum Gasteiger partial charge on any atom is 0.347 e. The molecule has 1 aromatic carbocycles. The zero-order valence-corrected chi connectivity index (χ0v) is 13.0. The standard InChI is InChI=1S/C12H13Cl2N3OS/c1-12(2,3)6-4-7(13)8(14)5-9(6)17-10(18)15-16-11(17)19/h4-5H,1-3H3,(H,15,18)(H,16,19). The van der Waals surface area contributed by atoms with Crippen LogP contribution in [0.1, 0.15) is 26.3 Å². The number of nitrogens with one attached hydrogen (secondary N) is 2. The Labute approximate surface area is 125 Å². The number of aromatic amines is 2. The predicted molar refractivity (Wildman–Crippen MR) is 80.3 cm³/mol. The average molecular weight is 318 g/mol. The van der Waals surface area contributed by atoms with Gasteiger partial charge in [-0.25, -0.2) is 14.5 Å². The fourth-order valence-corrected chi connectivity index (χ4v) is 2.41. The van der Waals surface area contributed by atoms with Crippen LogP contribution in [-0.2, 0) is 5.41 Å². The van der Waals surface area contributed by atoms with Gasteiger partial charge in [-0.3, -0.25) is 5.10 Å². The van der Waals surface area contributed by atoms with E-state index >= 15 is 0 Å². The Hall–Kier alpha value is -1.04. The van der Waals surface area contributed by atoms with Crippen LogP contribution in [0.3, 0.4) is 0 Å². The van der Waals surface area contributed by atoms with Gasteiger partial charge < -0.3 is 0 Å². The lowest BCUT2D eigenvalue weighted by Gasteiger charge is -2.23. The van der Waals surface area contributed by atoms with Gasteiger partial charge in [-0.05, 0) is 35.3 Å². The first kappa shape index (κ1) is 14.4. The minimum Gasteiger partial charge on any atom is -0.272 e. The summed E-state index contributed by atoms with van der Waals surface area (Å²) in [4.78, 5) is 11.8. The van der Waals surface area contributed by atoms with Crippen LogP contribution in [0.5, 0.6) is 0 Å². The summed E-state index contributed by atoms with van der Waals surface area (Å²) >= 11 is 17.2. The highest BCUT2D eigenvalue weighted by molar-refractivity contribution is 7.71. The molecule has 2 N–H and O–H groups in total. The Kier molecular flexibility index (Phi) is 3.64. The summed E-state index contributed by atoms with van der Waals surface area (Å²) in [6.07, 6.45) is 0. The molecule has 1 heterocycles. The zero-order chi connectivity index (χ0) is 14.4. The number of hydrogen-bond donors (Lipinski definition) is 2. The second kappa shape index (κ2) is 4.81. The molecule has 2 rings (SSSR count). The number of aromatic nitrogens is 3. The molecule has 0 bridgehead atoms. The second-order valence-corrected chi connectivity index (χ2v) is 6.43. The van der Waals surface area contributed by atoms with E-state index in [-0.39, 0.29) is 15.9 Å². The van der Waals surface area contributed by atoms with Gasteiger partial charge in [0.25, 0.3) is 0 Å². The highest BCUT2D eigenvalue weighted by atomic mass is 35.5. The number of nitrogens with zero attached hydrogens (tertiary/aromatic N) is 1. The summed E-state index contributed by atoms with van der Waals surface area (Å²) in [5.41, 5.74) is 0.980. The first-order valence-corrected chi connectivity index (χ1v) is 6.78. The molecular weight excluding hydrogens is 305 g/mol. The topological polar surface area (TPSA) is 53.6 Å². The van der Waals surface area contributed by atoms with Crippen LogP contribution in [0.2, 0.25) is 10.0 Å². The Morgan fingerprint density at radius 3 is 2.21 bits per heavy atom. The lowest BCUT2D eigenvalue weighted by atomic mass is 9.85. The molecule has 0 saturated heterocycles. The van der Waals surface area contributed by atoms with Gasteiger partial charge in [-0.2, -0.15) is 0 Å². The summed E-state index contributed by atoms with van der Waals surface area (Å²) in [5, 5.41) is 5.90. The smallest absolute Gasteiger partial charge is 0.272 e. The van der Waals surface area contributed by atoms with Crippen LogP contribution < -0.4 is 5.69 Å². The summed E-state index contributed by atoms with van der Waals surface area (Å²) in [7, 11) is 0. The summed E-state index contributed by atoms with van der Waals surface area (Å²) in [6, 6.07) is 3.43. The Bertz CT molecular complexity index is 709. The summed E-state index contributed by atoms with van der Waals surface area (Å²) in [5.74, 6) is 0. The third-order valence-electron chi connectivity index (χ3n) is 2.77. The molecule has 1 aromatic heterocycles. The van der Waals surface area contributed by atoms with E-state index in [1.54, 1.807) is 12.1 Å². The molecule has 19 heavy (non-hydrogen) atoms. The molecule has 0 unspecified atom stereocenters. The molecular formula is C12H13Cl2N3OS. The SMILES string of the molecule is CC(C)(C)c1cc(Cl)c(Cl)cc1-n1c(=O)[nH][nH]c1=S. The first-order valence-electron chi connectivity index (χ1n) is 5.61. The van der Waals surface area contributed by atoms with Gasteiger partial charge in [0.15, 0.2) is 0 Å². The predicted octanol–water partition coefficient (Wildman–Crippen LogP) is 3.83. The quantitative estimate of drug-likeness (QED) is 0.785. The van der Waals surface area contributed by atoms with Gasteiger partial charge >= 0.3 is 5.69 Å². The molecule has 102 valence electrons. The van der Waals surface area contributed by atoms with Crippen molar-refractivity contribution in [2.75, 3.05) is 0 Å². The lowest BCUT2D eigenvalue weighted by molar-refractivity contribution is 0.585. The van der Waals surface area contributed by atoms with Crippen LogP contribution in [0.25, 0.3) is 5.69 Å². The Morgan fingerprint density at radius 2 is 1.74 bits per heavy atom. The monoisotopic (exact) mass is 317 g/mol. The first-order chi connectivity index (χ1) is 8.71. The molecule has 0 radical (unpaired) electrons. The largest absolute Gasteiger partial charge is 0.347 e. The molecule has 2 aromatic rings. The molecule has 0 spiro atoms. The number of rotatable bonds is 1. The minimum atomic E-state index is -0.339. The molecule has 0 aliphatic heterocycles. The summed E-state index contributed by atoms with van der Waals surface area (Å²) < 4.78 is 1.66. The summed E-state index contributed by atoms with van der Waals surface area (Å²) in [6.45, 7) is 6.08. The van der Waals surface area contributed by atoms with Crippen molar-refractivity contribution in [1.29, 1.82) is 0 Å². The van der Waals surface area contributed by atoms with Crippen molar-refractivity contribution in [3.63, 3.8) is 0 Å². The van der Waals surface area contributed by atoms with Crippen molar-refractivity contribution in [1.82, 2.24) is 14.8 Å². The Morgan fingerprint density at radius 1 is 1.16 bits per heavy atom. The van der Waals surface area contributed by atoms with Crippen LogP contribution in [0, 0.1) is 4.77 Å². The highest BCUT2D eigenvalue weighted by Crippen LogP contribution is 2.34. The van der Waals surface area contributed by atoms with Gasteiger partial charge in [0, 0.05) is 0 Å². The molecule has 0 aliphatic carbocycles. The normalized spacial score (nSPS) is 11.8. The van der Waals surface area contributed by atoms with Crippen LogP contribution in [0.15, 0.2) is 16.9 Å². The van der Waals surface area contributed by atoms with Crippen molar-refractivity contribution >= 4 is 35.4 Å². The van der Waals surface area contributed by atoms with Gasteiger partial charge in [-0.1, -0.05) is 44.0 Å². The van der Waals surface area contributed by atoms with Crippen molar-refractivity contribution in [3.8, 4) is 5.69 Å². The van der Waals surface area contributed by atoms with Gasteiger partial charge in [0.05, 0.1) is 15.7 Å². The van der Waals surface area contributed by atoms with Crippen molar-refractivity contribution in [2.24, 2.45) is 0 Å². The van der Waals surface area contributed by atoms with E-state index in [9.17, 15) is 4.79 Å².